The van der Waals surface area contributed by atoms with Gasteiger partial charge in [-0.3, -0.25) is 4.99 Å². The van der Waals surface area contributed by atoms with Gasteiger partial charge in [-0.05, 0) is 23.6 Å². The van der Waals surface area contributed by atoms with E-state index in [9.17, 15) is 8.42 Å². The monoisotopic (exact) mass is 369 g/mol. The number of rotatable bonds is 7. The third kappa shape index (κ3) is 4.83. The molecule has 0 saturated heterocycles. The Bertz CT molecular complexity index is 766. The van der Waals surface area contributed by atoms with Crippen LogP contribution < -0.4 is 10.0 Å². The average Bonchev–Trinajstić information content (AvgIpc) is 3.20. The summed E-state index contributed by atoms with van der Waals surface area (Å²) in [5, 5.41) is 4.91. The summed E-state index contributed by atoms with van der Waals surface area (Å²) in [5.41, 5.74) is 1.17. The summed E-state index contributed by atoms with van der Waals surface area (Å²) >= 11 is 1.20. The fraction of sp³-hybridized carbons (Fsp3) is 0.400. The summed E-state index contributed by atoms with van der Waals surface area (Å²) in [6, 6.07) is 7.36. The Labute approximate surface area is 147 Å². The fourth-order valence-corrected chi connectivity index (χ4v) is 4.28. The maximum absolute atomic E-state index is 12.0. The molecule has 0 saturated carbocycles. The van der Waals surface area contributed by atoms with Gasteiger partial charge in [0.25, 0.3) is 0 Å². The SMILES string of the molecule is CN=C(NCCNS(=O)(=O)c1cccs1)N(C)Cc1cccn1C. The van der Waals surface area contributed by atoms with Gasteiger partial charge in [0, 0.05) is 46.1 Å². The van der Waals surface area contributed by atoms with Crippen LogP contribution in [0, 0.1) is 0 Å². The molecule has 2 aromatic rings. The number of nitrogens with zero attached hydrogens (tertiary/aromatic N) is 3. The van der Waals surface area contributed by atoms with Gasteiger partial charge < -0.3 is 14.8 Å². The first kappa shape index (κ1) is 18.5. The lowest BCUT2D eigenvalue weighted by Gasteiger charge is -2.22. The van der Waals surface area contributed by atoms with Crippen LogP contribution in [-0.2, 0) is 23.6 Å². The molecule has 24 heavy (non-hydrogen) atoms. The van der Waals surface area contributed by atoms with Crippen molar-refractivity contribution in [3.05, 3.63) is 41.5 Å². The summed E-state index contributed by atoms with van der Waals surface area (Å²) in [5.74, 6) is 0.714. The van der Waals surface area contributed by atoms with Crippen LogP contribution >= 0.6 is 11.3 Å². The number of aromatic nitrogens is 1. The lowest BCUT2D eigenvalue weighted by Crippen LogP contribution is -2.42. The molecule has 0 fully saturated rings. The van der Waals surface area contributed by atoms with Gasteiger partial charge >= 0.3 is 0 Å². The quantitative estimate of drug-likeness (QED) is 0.435. The van der Waals surface area contributed by atoms with Crippen LogP contribution in [0.4, 0.5) is 0 Å². The van der Waals surface area contributed by atoms with E-state index in [-0.39, 0.29) is 6.54 Å². The highest BCUT2D eigenvalue weighted by atomic mass is 32.2. The number of hydrogen-bond donors (Lipinski definition) is 2. The lowest BCUT2D eigenvalue weighted by molar-refractivity contribution is 0.462. The maximum Gasteiger partial charge on any atom is 0.250 e. The topological polar surface area (TPSA) is 78.7 Å². The molecular weight excluding hydrogens is 346 g/mol. The Kier molecular flexibility index (Phi) is 6.41. The Morgan fingerprint density at radius 1 is 1.33 bits per heavy atom. The molecule has 0 radical (unpaired) electrons. The van der Waals surface area contributed by atoms with Gasteiger partial charge in [0.15, 0.2) is 5.96 Å². The smallest absolute Gasteiger partial charge is 0.250 e. The van der Waals surface area contributed by atoms with Gasteiger partial charge in [-0.15, -0.1) is 11.3 Å². The zero-order valence-corrected chi connectivity index (χ0v) is 15.7. The van der Waals surface area contributed by atoms with Gasteiger partial charge in [0.05, 0.1) is 6.54 Å². The first-order valence-electron chi connectivity index (χ1n) is 7.49. The van der Waals surface area contributed by atoms with Crippen molar-refractivity contribution in [2.75, 3.05) is 27.2 Å². The zero-order chi connectivity index (χ0) is 17.6. The van der Waals surface area contributed by atoms with E-state index in [1.165, 1.54) is 17.0 Å². The van der Waals surface area contributed by atoms with E-state index in [4.69, 9.17) is 0 Å². The third-order valence-electron chi connectivity index (χ3n) is 3.48. The van der Waals surface area contributed by atoms with Crippen LogP contribution in [-0.4, -0.2) is 51.0 Å². The summed E-state index contributed by atoms with van der Waals surface area (Å²) in [4.78, 5) is 6.22. The van der Waals surface area contributed by atoms with Crippen molar-refractivity contribution in [3.8, 4) is 0 Å². The van der Waals surface area contributed by atoms with E-state index in [0.717, 1.165) is 0 Å². The number of nitrogens with one attached hydrogen (secondary N) is 2. The van der Waals surface area contributed by atoms with Crippen molar-refractivity contribution in [3.63, 3.8) is 0 Å². The van der Waals surface area contributed by atoms with E-state index < -0.39 is 10.0 Å². The van der Waals surface area contributed by atoms with Crippen LogP contribution in [0.2, 0.25) is 0 Å². The Morgan fingerprint density at radius 3 is 2.71 bits per heavy atom. The normalized spacial score (nSPS) is 12.4. The van der Waals surface area contributed by atoms with Crippen LogP contribution in [0.25, 0.3) is 0 Å². The Balaban J connectivity index is 1.80. The second-order valence-corrected chi connectivity index (χ2v) is 8.21. The number of thiophene rings is 1. The Hall–Kier alpha value is -1.84. The molecule has 0 amide bonds. The molecule has 2 aromatic heterocycles. The van der Waals surface area contributed by atoms with Crippen LogP contribution in [0.1, 0.15) is 5.69 Å². The molecule has 2 heterocycles. The molecule has 0 aliphatic rings. The first-order valence-corrected chi connectivity index (χ1v) is 9.85. The third-order valence-corrected chi connectivity index (χ3v) is 6.34. The molecule has 0 aliphatic carbocycles. The standard InChI is InChI=1S/C15H23N5O2S2/c1-16-15(20(3)12-13-6-4-10-19(13)2)17-8-9-18-24(21,22)14-7-5-11-23-14/h4-7,10-11,18H,8-9,12H2,1-3H3,(H,16,17). The maximum atomic E-state index is 12.0. The first-order chi connectivity index (χ1) is 11.4. The van der Waals surface area contributed by atoms with E-state index in [0.29, 0.717) is 23.3 Å². The average molecular weight is 370 g/mol. The molecule has 132 valence electrons. The predicted molar refractivity (Wildman–Crippen MR) is 97.7 cm³/mol. The molecule has 9 heteroatoms. The summed E-state index contributed by atoms with van der Waals surface area (Å²) in [7, 11) is 2.23. The summed E-state index contributed by atoms with van der Waals surface area (Å²) < 4.78 is 29.0. The number of hydrogen-bond acceptors (Lipinski definition) is 4. The second-order valence-electron chi connectivity index (χ2n) is 5.27. The molecule has 0 aromatic carbocycles. The molecule has 0 unspecified atom stereocenters. The molecule has 2 rings (SSSR count). The second kappa shape index (κ2) is 8.32. The van der Waals surface area contributed by atoms with E-state index in [1.54, 1.807) is 24.6 Å². The molecule has 0 bridgehead atoms. The lowest BCUT2D eigenvalue weighted by atomic mass is 10.4. The van der Waals surface area contributed by atoms with Gasteiger partial charge in [0.1, 0.15) is 4.21 Å². The minimum Gasteiger partial charge on any atom is -0.355 e. The molecule has 0 aliphatic heterocycles. The van der Waals surface area contributed by atoms with Gasteiger partial charge in [0.2, 0.25) is 10.0 Å². The number of aliphatic imine (C=N–C) groups is 1. The highest BCUT2D eigenvalue weighted by molar-refractivity contribution is 7.91. The zero-order valence-electron chi connectivity index (χ0n) is 14.1. The van der Waals surface area contributed by atoms with E-state index in [1.807, 2.05) is 31.3 Å². The number of aryl methyl sites for hydroxylation is 1. The van der Waals surface area contributed by atoms with Crippen LogP contribution in [0.3, 0.4) is 0 Å². The fourth-order valence-electron chi connectivity index (χ4n) is 2.21. The highest BCUT2D eigenvalue weighted by Crippen LogP contribution is 2.14. The van der Waals surface area contributed by atoms with Gasteiger partial charge in [-0.2, -0.15) is 0 Å². The van der Waals surface area contributed by atoms with Crippen molar-refractivity contribution in [2.24, 2.45) is 12.0 Å². The van der Waals surface area contributed by atoms with E-state index in [2.05, 4.69) is 25.7 Å². The molecule has 0 spiro atoms. The molecule has 0 atom stereocenters. The highest BCUT2D eigenvalue weighted by Gasteiger charge is 2.14. The van der Waals surface area contributed by atoms with Crippen LogP contribution in [0.15, 0.2) is 45.0 Å². The van der Waals surface area contributed by atoms with Crippen LogP contribution in [0.5, 0.6) is 0 Å². The largest absolute Gasteiger partial charge is 0.355 e. The molecular formula is C15H23N5O2S2. The molecule has 2 N–H and O–H groups in total. The van der Waals surface area contributed by atoms with Crippen molar-refractivity contribution in [1.82, 2.24) is 19.5 Å². The summed E-state index contributed by atoms with van der Waals surface area (Å²) in [6.45, 7) is 1.45. The summed E-state index contributed by atoms with van der Waals surface area (Å²) in [6.07, 6.45) is 2.00. The number of guanidine groups is 1. The molecule has 7 nitrogen and oxygen atoms in total. The Morgan fingerprint density at radius 2 is 2.12 bits per heavy atom. The van der Waals surface area contributed by atoms with Crippen molar-refractivity contribution in [1.29, 1.82) is 0 Å². The minimum atomic E-state index is -3.42. The van der Waals surface area contributed by atoms with Crippen molar-refractivity contribution >= 4 is 27.3 Å². The van der Waals surface area contributed by atoms with Crippen molar-refractivity contribution < 1.29 is 8.42 Å². The number of sulfonamides is 1. The predicted octanol–water partition coefficient (Wildman–Crippen LogP) is 1.07. The van der Waals surface area contributed by atoms with Gasteiger partial charge in [-0.25, -0.2) is 13.1 Å². The van der Waals surface area contributed by atoms with Gasteiger partial charge in [-0.1, -0.05) is 6.07 Å². The minimum absolute atomic E-state index is 0.289. The van der Waals surface area contributed by atoms with E-state index >= 15 is 0 Å². The van der Waals surface area contributed by atoms with Crippen molar-refractivity contribution in [2.45, 2.75) is 10.8 Å².